The summed E-state index contributed by atoms with van der Waals surface area (Å²) in [5, 5.41) is 21.7. The van der Waals surface area contributed by atoms with Crippen LogP contribution in [0, 0.1) is 0 Å². The van der Waals surface area contributed by atoms with E-state index in [4.69, 9.17) is 14.2 Å². The number of carbonyl (C=O) groups is 2. The molecule has 0 radical (unpaired) electrons. The maximum absolute atomic E-state index is 11.7. The third-order valence-electron chi connectivity index (χ3n) is 6.10. The fraction of sp³-hybridized carbons (Fsp3) is 0.233. The van der Waals surface area contributed by atoms with Crippen molar-refractivity contribution in [1.29, 1.82) is 0 Å². The number of benzene rings is 3. The molecule has 1 heterocycles. The van der Waals surface area contributed by atoms with Gasteiger partial charge in [0, 0.05) is 17.7 Å². The molecule has 0 saturated carbocycles. The summed E-state index contributed by atoms with van der Waals surface area (Å²) in [6.07, 6.45) is -1.78. The van der Waals surface area contributed by atoms with Crippen LogP contribution in [0.5, 0.6) is 28.7 Å². The number of aromatic hydroxyl groups is 2. The summed E-state index contributed by atoms with van der Waals surface area (Å²) in [5.41, 5.74) is 1.12. The van der Waals surface area contributed by atoms with Crippen molar-refractivity contribution < 1.29 is 43.5 Å². The number of phenols is 2. The molecule has 1 aromatic heterocycles. The fourth-order valence-corrected chi connectivity index (χ4v) is 3.87. The van der Waals surface area contributed by atoms with Crippen LogP contribution >= 0.6 is 0 Å². The number of nitrogens with zero attached hydrogens (tertiary/aromatic N) is 3. The van der Waals surface area contributed by atoms with Gasteiger partial charge in [0.15, 0.2) is 29.7 Å². The van der Waals surface area contributed by atoms with E-state index in [1.54, 1.807) is 43.5 Å². The second-order valence-corrected chi connectivity index (χ2v) is 8.96. The zero-order valence-electron chi connectivity index (χ0n) is 23.5. The summed E-state index contributed by atoms with van der Waals surface area (Å²) in [6.45, 7) is 3.05. The molecule has 0 bridgehead atoms. The van der Waals surface area contributed by atoms with Crippen LogP contribution in [0.15, 0.2) is 60.7 Å². The Morgan fingerprint density at radius 3 is 1.40 bits per heavy atom. The minimum absolute atomic E-state index is 0.106. The number of esters is 2. The zero-order valence-corrected chi connectivity index (χ0v) is 23.5. The maximum Gasteiger partial charge on any atom is 0.346 e. The molecule has 0 saturated heterocycles. The van der Waals surface area contributed by atoms with Crippen LogP contribution in [-0.4, -0.2) is 70.6 Å². The van der Waals surface area contributed by atoms with Gasteiger partial charge in [-0.15, -0.1) is 0 Å². The number of hydrogen-bond donors (Lipinski definition) is 2. The molecule has 2 atom stereocenters. The van der Waals surface area contributed by atoms with E-state index in [1.807, 2.05) is 0 Å². The second kappa shape index (κ2) is 12.9. The Kier molecular flexibility index (Phi) is 9.05. The molecular weight excluding hydrogens is 546 g/mol. The highest BCUT2D eigenvalue weighted by Crippen LogP contribution is 2.36. The molecule has 4 rings (SSSR count). The monoisotopic (exact) mass is 575 g/mol. The van der Waals surface area contributed by atoms with Gasteiger partial charge in [-0.3, -0.25) is 0 Å². The van der Waals surface area contributed by atoms with Gasteiger partial charge in [0.25, 0.3) is 0 Å². The third-order valence-corrected chi connectivity index (χ3v) is 6.10. The molecule has 0 spiro atoms. The molecule has 3 aromatic carbocycles. The first-order valence-corrected chi connectivity index (χ1v) is 12.7. The second-order valence-electron chi connectivity index (χ2n) is 8.96. The molecule has 42 heavy (non-hydrogen) atoms. The van der Waals surface area contributed by atoms with Crippen molar-refractivity contribution in [1.82, 2.24) is 15.0 Å². The molecule has 0 aliphatic carbocycles. The molecule has 2 N–H and O–H groups in total. The standard InChI is InChI=1S/C30H29N3O9/c1-16(29(36)39-4)41-20-10-12-22(24(34)14-20)27-31-26(18-6-8-19(38-3)9-7-18)32-28(33-27)23-13-11-21(15-25(23)35)42-17(2)30(37)40-5/h6-17,34-35H,1-5H3. The zero-order chi connectivity index (χ0) is 30.4. The number of carbonyl (C=O) groups excluding carboxylic acids is 2. The molecule has 4 aromatic rings. The minimum atomic E-state index is -0.892. The van der Waals surface area contributed by atoms with Crippen LogP contribution in [0.4, 0.5) is 0 Å². The number of aromatic nitrogens is 3. The lowest BCUT2D eigenvalue weighted by atomic mass is 10.1. The Morgan fingerprint density at radius 2 is 1.02 bits per heavy atom. The number of rotatable bonds is 10. The molecule has 0 aliphatic heterocycles. The van der Waals surface area contributed by atoms with Crippen molar-refractivity contribution in [2.45, 2.75) is 26.1 Å². The topological polar surface area (TPSA) is 159 Å². The third kappa shape index (κ3) is 6.66. The Labute approximate surface area is 241 Å². The summed E-state index contributed by atoms with van der Waals surface area (Å²) in [5.74, 6) is 0.0000194. The van der Waals surface area contributed by atoms with Crippen molar-refractivity contribution in [2.24, 2.45) is 0 Å². The molecular formula is C30H29N3O9. The van der Waals surface area contributed by atoms with Gasteiger partial charge in [0.05, 0.1) is 32.5 Å². The van der Waals surface area contributed by atoms with Gasteiger partial charge in [-0.2, -0.15) is 0 Å². The summed E-state index contributed by atoms with van der Waals surface area (Å²) in [4.78, 5) is 37.1. The van der Waals surface area contributed by atoms with Gasteiger partial charge in [-0.1, -0.05) is 0 Å². The highest BCUT2D eigenvalue weighted by molar-refractivity contribution is 5.76. The van der Waals surface area contributed by atoms with E-state index >= 15 is 0 Å². The van der Waals surface area contributed by atoms with Crippen molar-refractivity contribution >= 4 is 11.9 Å². The van der Waals surface area contributed by atoms with Crippen LogP contribution in [0.1, 0.15) is 13.8 Å². The van der Waals surface area contributed by atoms with Crippen molar-refractivity contribution in [3.05, 3.63) is 60.7 Å². The van der Waals surface area contributed by atoms with E-state index in [9.17, 15) is 19.8 Å². The highest BCUT2D eigenvalue weighted by Gasteiger charge is 2.20. The Bertz CT molecular complexity index is 1500. The quantitative estimate of drug-likeness (QED) is 0.260. The molecule has 2 unspecified atom stereocenters. The first kappa shape index (κ1) is 29.6. The van der Waals surface area contributed by atoms with Crippen molar-refractivity contribution in [3.63, 3.8) is 0 Å². The van der Waals surface area contributed by atoms with E-state index in [0.717, 1.165) is 0 Å². The molecule has 12 heteroatoms. The van der Waals surface area contributed by atoms with Crippen molar-refractivity contribution in [3.8, 4) is 62.9 Å². The van der Waals surface area contributed by atoms with E-state index in [2.05, 4.69) is 24.4 Å². The summed E-state index contributed by atoms with van der Waals surface area (Å²) < 4.78 is 25.7. The maximum atomic E-state index is 11.7. The normalized spacial score (nSPS) is 12.1. The molecule has 12 nitrogen and oxygen atoms in total. The lowest BCUT2D eigenvalue weighted by Crippen LogP contribution is -2.24. The fourth-order valence-electron chi connectivity index (χ4n) is 3.87. The SMILES string of the molecule is COC(=O)C(C)Oc1ccc(-c2nc(-c3ccc(OC)cc3)nc(-c3ccc(OC(C)C(=O)OC)cc3O)n2)c(O)c1. The average Bonchev–Trinajstić information content (AvgIpc) is 3.00. The minimum Gasteiger partial charge on any atom is -0.507 e. The van der Waals surface area contributed by atoms with Crippen molar-refractivity contribution in [2.75, 3.05) is 21.3 Å². The number of methoxy groups -OCH3 is 3. The first-order chi connectivity index (χ1) is 20.1. The molecule has 0 amide bonds. The van der Waals surface area contributed by atoms with Gasteiger partial charge >= 0.3 is 11.9 Å². The summed E-state index contributed by atoms with van der Waals surface area (Å²) in [7, 11) is 4.06. The van der Waals surface area contributed by atoms with E-state index in [-0.39, 0.29) is 51.6 Å². The Hall–Kier alpha value is -5.39. The number of ether oxygens (including phenoxy) is 5. The van der Waals surface area contributed by atoms with Gasteiger partial charge in [-0.25, -0.2) is 24.5 Å². The van der Waals surface area contributed by atoms with Gasteiger partial charge < -0.3 is 33.9 Å². The highest BCUT2D eigenvalue weighted by atomic mass is 16.6. The average molecular weight is 576 g/mol. The van der Waals surface area contributed by atoms with Gasteiger partial charge in [-0.05, 0) is 62.4 Å². The van der Waals surface area contributed by atoms with Crippen LogP contribution in [-0.2, 0) is 19.1 Å². The predicted molar refractivity (Wildman–Crippen MR) is 150 cm³/mol. The van der Waals surface area contributed by atoms with E-state index in [1.165, 1.54) is 52.3 Å². The van der Waals surface area contributed by atoms with E-state index in [0.29, 0.717) is 11.3 Å². The Balaban J connectivity index is 1.77. The number of hydrogen-bond acceptors (Lipinski definition) is 12. The van der Waals surface area contributed by atoms with E-state index < -0.39 is 24.1 Å². The van der Waals surface area contributed by atoms with Crippen LogP contribution < -0.4 is 14.2 Å². The smallest absolute Gasteiger partial charge is 0.346 e. The van der Waals surface area contributed by atoms with Gasteiger partial charge in [0.2, 0.25) is 0 Å². The molecule has 0 aliphatic rings. The van der Waals surface area contributed by atoms with Crippen LogP contribution in [0.2, 0.25) is 0 Å². The van der Waals surface area contributed by atoms with Crippen LogP contribution in [0.25, 0.3) is 34.2 Å². The summed E-state index contributed by atoms with van der Waals surface area (Å²) in [6, 6.07) is 15.9. The predicted octanol–water partition coefficient (Wildman–Crippen LogP) is 4.17. The van der Waals surface area contributed by atoms with Crippen LogP contribution in [0.3, 0.4) is 0 Å². The molecule has 0 fully saturated rings. The Morgan fingerprint density at radius 1 is 0.619 bits per heavy atom. The lowest BCUT2D eigenvalue weighted by Gasteiger charge is -2.15. The molecule has 218 valence electrons. The lowest BCUT2D eigenvalue weighted by molar-refractivity contribution is -0.148. The van der Waals surface area contributed by atoms with Gasteiger partial charge in [0.1, 0.15) is 28.7 Å². The number of phenolic OH excluding ortho intramolecular Hbond substituents is 2. The first-order valence-electron chi connectivity index (χ1n) is 12.7. The largest absolute Gasteiger partial charge is 0.507 e. The summed E-state index contributed by atoms with van der Waals surface area (Å²) >= 11 is 0.